The van der Waals surface area contributed by atoms with E-state index < -0.39 is 27.2 Å². The normalized spacial score (nSPS) is 18.8. The average Bonchev–Trinajstić information content (AvgIpc) is 2.68. The summed E-state index contributed by atoms with van der Waals surface area (Å²) in [6.07, 6.45) is 1.47. The van der Waals surface area contributed by atoms with Gasteiger partial charge >= 0.3 is 0 Å². The summed E-state index contributed by atoms with van der Waals surface area (Å²) in [4.78, 5) is 52.8. The van der Waals surface area contributed by atoms with Gasteiger partial charge in [0.15, 0.2) is 0 Å². The molecule has 5 nitrogen and oxygen atoms in total. The quantitative estimate of drug-likeness (QED) is 0.358. The highest BCUT2D eigenvalue weighted by atomic mass is 32.2. The van der Waals surface area contributed by atoms with Gasteiger partial charge in [0.05, 0.1) is 5.92 Å². The van der Waals surface area contributed by atoms with Crippen molar-refractivity contribution in [3.8, 4) is 0 Å². The molecule has 0 radical (unpaired) electrons. The minimum Gasteiger partial charge on any atom is -0.286 e. The minimum absolute atomic E-state index is 0.0130. The summed E-state index contributed by atoms with van der Waals surface area (Å²) >= 11 is 2.28. The molecule has 0 aliphatic carbocycles. The van der Waals surface area contributed by atoms with Gasteiger partial charge in [-0.25, -0.2) is 0 Å². The van der Waals surface area contributed by atoms with Crippen molar-refractivity contribution in [3.63, 3.8) is 0 Å². The monoisotopic (exact) mass is 471 g/mol. The Balaban J connectivity index is 3.21. The van der Waals surface area contributed by atoms with Crippen molar-refractivity contribution in [1.82, 2.24) is 4.90 Å². The summed E-state index contributed by atoms with van der Waals surface area (Å²) in [7, 11) is 1.42. The Labute approximate surface area is 197 Å². The molecule has 0 bridgehead atoms. The third-order valence-electron chi connectivity index (χ3n) is 4.99. The van der Waals surface area contributed by atoms with Crippen molar-refractivity contribution in [1.29, 1.82) is 0 Å². The molecule has 1 heterocycles. The van der Waals surface area contributed by atoms with E-state index in [0.717, 1.165) is 41.3 Å². The van der Waals surface area contributed by atoms with Crippen LogP contribution in [0.25, 0.3) is 0 Å². The van der Waals surface area contributed by atoms with Gasteiger partial charge in [-0.2, -0.15) is 0 Å². The maximum Gasteiger partial charge on any atom is 0.233 e. The number of carbonyl (C=O) groups is 4. The lowest BCUT2D eigenvalue weighted by molar-refractivity contribution is -0.140. The molecule has 1 fully saturated rings. The molecule has 0 N–H and O–H groups in total. The number of amides is 2. The molecule has 31 heavy (non-hydrogen) atoms. The fraction of sp³-hybridized carbons (Fsp3) is 0.833. The maximum atomic E-state index is 13.4. The molecule has 0 aromatic carbocycles. The lowest BCUT2D eigenvalue weighted by atomic mass is 9.86. The number of likely N-dealkylation sites (tertiary alicyclic amines) is 1. The van der Waals surface area contributed by atoms with Crippen LogP contribution in [0.15, 0.2) is 0 Å². The van der Waals surface area contributed by atoms with Gasteiger partial charge in [-0.3, -0.25) is 24.1 Å². The van der Waals surface area contributed by atoms with Gasteiger partial charge in [0.25, 0.3) is 0 Å². The van der Waals surface area contributed by atoms with Crippen LogP contribution >= 0.6 is 23.5 Å². The predicted octanol–water partition coefficient (Wildman–Crippen LogP) is 5.56. The zero-order valence-corrected chi connectivity index (χ0v) is 22.8. The van der Waals surface area contributed by atoms with Crippen molar-refractivity contribution in [3.05, 3.63) is 0 Å². The smallest absolute Gasteiger partial charge is 0.233 e. The molecule has 7 heteroatoms. The van der Waals surface area contributed by atoms with E-state index in [9.17, 15) is 19.2 Å². The van der Waals surface area contributed by atoms with E-state index in [2.05, 4.69) is 41.5 Å². The van der Waals surface area contributed by atoms with Crippen molar-refractivity contribution in [2.75, 3.05) is 7.05 Å². The van der Waals surface area contributed by atoms with Gasteiger partial charge in [-0.15, -0.1) is 0 Å². The van der Waals surface area contributed by atoms with E-state index in [0.29, 0.717) is 0 Å². The summed E-state index contributed by atoms with van der Waals surface area (Å²) in [5.41, 5.74) is 0.0260. The second-order valence-electron chi connectivity index (χ2n) is 12.4. The van der Waals surface area contributed by atoms with Gasteiger partial charge < -0.3 is 0 Å². The first-order valence-electron chi connectivity index (χ1n) is 10.9. The first kappa shape index (κ1) is 28.2. The van der Waals surface area contributed by atoms with Crippen LogP contribution in [0.1, 0.15) is 88.5 Å². The van der Waals surface area contributed by atoms with Crippen LogP contribution in [0.3, 0.4) is 0 Å². The molecular formula is C24H41NO4S2. The molecule has 178 valence electrons. The van der Waals surface area contributed by atoms with Crippen LogP contribution < -0.4 is 0 Å². The molecule has 1 saturated heterocycles. The zero-order valence-electron chi connectivity index (χ0n) is 21.2. The van der Waals surface area contributed by atoms with Gasteiger partial charge in [0, 0.05) is 23.0 Å². The van der Waals surface area contributed by atoms with Gasteiger partial charge in [-0.05, 0) is 23.7 Å². The lowest BCUT2D eigenvalue weighted by Gasteiger charge is -2.34. The Kier molecular flexibility index (Phi) is 8.72. The predicted molar refractivity (Wildman–Crippen MR) is 131 cm³/mol. The third kappa shape index (κ3) is 8.91. The van der Waals surface area contributed by atoms with Gasteiger partial charge in [0.1, 0.15) is 5.92 Å². The largest absolute Gasteiger partial charge is 0.286 e. The molecule has 1 atom stereocenters. The van der Waals surface area contributed by atoms with Crippen molar-refractivity contribution >= 4 is 45.6 Å². The molecule has 1 rings (SSSR count). The summed E-state index contributed by atoms with van der Waals surface area (Å²) in [5, 5.41) is -0.612. The van der Waals surface area contributed by atoms with E-state index in [1.807, 2.05) is 27.7 Å². The fourth-order valence-corrected chi connectivity index (χ4v) is 7.74. The highest BCUT2D eigenvalue weighted by Crippen LogP contribution is 2.44. The first-order valence-corrected chi connectivity index (χ1v) is 12.5. The van der Waals surface area contributed by atoms with Crippen LogP contribution in [0.2, 0.25) is 0 Å². The maximum absolute atomic E-state index is 13.4. The molecule has 1 aliphatic rings. The van der Waals surface area contributed by atoms with Gasteiger partial charge in [0.2, 0.25) is 22.0 Å². The summed E-state index contributed by atoms with van der Waals surface area (Å²) < 4.78 is -0.784. The van der Waals surface area contributed by atoms with E-state index in [4.69, 9.17) is 0 Å². The Morgan fingerprint density at radius 2 is 1.19 bits per heavy atom. The van der Waals surface area contributed by atoms with Crippen LogP contribution in [-0.2, 0) is 19.2 Å². The molecule has 1 aliphatic heterocycles. The second-order valence-corrected chi connectivity index (χ2v) is 15.8. The van der Waals surface area contributed by atoms with Crippen LogP contribution in [0, 0.1) is 22.7 Å². The first-order chi connectivity index (χ1) is 13.6. The molecule has 0 aromatic heterocycles. The molecule has 2 amide bonds. The minimum atomic E-state index is -1.12. The van der Waals surface area contributed by atoms with Gasteiger partial charge in [-0.1, -0.05) is 92.8 Å². The molecule has 0 saturated carbocycles. The number of hydrogen-bond donors (Lipinski definition) is 0. The zero-order chi connectivity index (χ0) is 24.6. The fourth-order valence-electron chi connectivity index (χ4n) is 4.77. The number of rotatable bonds is 7. The van der Waals surface area contributed by atoms with Crippen molar-refractivity contribution in [2.45, 2.75) is 98.0 Å². The van der Waals surface area contributed by atoms with E-state index >= 15 is 0 Å². The topological polar surface area (TPSA) is 71.5 Å². The van der Waals surface area contributed by atoms with Crippen LogP contribution in [0.4, 0.5) is 0 Å². The van der Waals surface area contributed by atoms with E-state index in [1.54, 1.807) is 0 Å². The van der Waals surface area contributed by atoms with Crippen molar-refractivity contribution in [2.24, 2.45) is 22.7 Å². The lowest BCUT2D eigenvalue weighted by Crippen LogP contribution is -2.38. The standard InChI is InChI=1S/C24H41NO4S2/c1-21(2,3)13-23(7,8)30-19(28)17(15-12-16(26)25(11)18(15)27)20(29)31-24(9,10)14-22(4,5)6/h15,17H,12-14H2,1-11H3/t15-/m0/s1. The average molecular weight is 472 g/mol. The highest BCUT2D eigenvalue weighted by Gasteiger charge is 2.49. The van der Waals surface area contributed by atoms with E-state index in [1.165, 1.54) is 7.05 Å². The molecule has 0 spiro atoms. The van der Waals surface area contributed by atoms with Crippen molar-refractivity contribution < 1.29 is 19.2 Å². The van der Waals surface area contributed by atoms with E-state index in [-0.39, 0.29) is 33.4 Å². The Morgan fingerprint density at radius 3 is 1.45 bits per heavy atom. The Morgan fingerprint density at radius 1 is 0.839 bits per heavy atom. The third-order valence-corrected chi connectivity index (χ3v) is 7.30. The Bertz CT molecular complexity index is 687. The number of nitrogens with zero attached hydrogens (tertiary/aromatic N) is 1. The number of hydrogen-bond acceptors (Lipinski definition) is 6. The summed E-state index contributed by atoms with van der Waals surface area (Å²) in [6, 6.07) is 0. The molecule has 0 unspecified atom stereocenters. The Hall–Kier alpha value is -0.820. The van der Waals surface area contributed by atoms with Crippen LogP contribution in [-0.4, -0.2) is 43.5 Å². The summed E-state index contributed by atoms with van der Waals surface area (Å²) in [6.45, 7) is 20.6. The SMILES string of the molecule is CN1C(=O)C[C@@H](C(C(=O)SC(C)(C)CC(C)(C)C)C(=O)SC(C)(C)CC(C)(C)C)C1=O. The molecule has 0 aromatic rings. The number of thioether (sulfide) groups is 2. The summed E-state index contributed by atoms with van der Waals surface area (Å²) in [5.74, 6) is -2.79. The number of carbonyl (C=O) groups excluding carboxylic acids is 4. The number of imide groups is 1. The highest BCUT2D eigenvalue weighted by molar-refractivity contribution is 8.16. The van der Waals surface area contributed by atoms with Crippen LogP contribution in [0.5, 0.6) is 0 Å². The molecular weight excluding hydrogens is 430 g/mol. The second kappa shape index (κ2) is 9.58.